The fraction of sp³-hybridized carbons (Fsp3) is 0.111. The first-order chi connectivity index (χ1) is 16.4. The van der Waals surface area contributed by atoms with Gasteiger partial charge in [0.1, 0.15) is 17.3 Å². The molecule has 0 atom stereocenters. The fourth-order valence-corrected chi connectivity index (χ4v) is 3.76. The van der Waals surface area contributed by atoms with E-state index in [4.69, 9.17) is 16.3 Å². The molecular formula is C27H23ClFN3O2. The van der Waals surface area contributed by atoms with Crippen LogP contribution in [0.2, 0.25) is 5.02 Å². The predicted octanol–water partition coefficient (Wildman–Crippen LogP) is 6.78. The summed E-state index contributed by atoms with van der Waals surface area (Å²) in [5, 5.41) is 7.65. The molecule has 0 fully saturated rings. The molecule has 172 valence electrons. The highest BCUT2D eigenvalue weighted by Crippen LogP contribution is 2.25. The lowest BCUT2D eigenvalue weighted by Crippen LogP contribution is -2.10. The van der Waals surface area contributed by atoms with Gasteiger partial charge in [0, 0.05) is 11.6 Å². The number of nitrogens with zero attached hydrogens (tertiary/aromatic N) is 2. The van der Waals surface area contributed by atoms with Crippen LogP contribution in [0.1, 0.15) is 22.5 Å². The van der Waals surface area contributed by atoms with Gasteiger partial charge in [0.05, 0.1) is 28.6 Å². The Morgan fingerprint density at radius 1 is 1.06 bits per heavy atom. The molecule has 5 nitrogen and oxygen atoms in total. The van der Waals surface area contributed by atoms with Crippen molar-refractivity contribution in [2.24, 2.45) is 0 Å². The third-order valence-electron chi connectivity index (χ3n) is 5.24. The Bertz CT molecular complexity index is 1330. The van der Waals surface area contributed by atoms with Gasteiger partial charge in [-0.05, 0) is 61.9 Å². The van der Waals surface area contributed by atoms with Crippen LogP contribution in [0.15, 0.2) is 78.9 Å². The molecule has 0 aliphatic carbocycles. The number of rotatable bonds is 7. The Morgan fingerprint density at radius 2 is 1.79 bits per heavy atom. The van der Waals surface area contributed by atoms with Crippen LogP contribution < -0.4 is 10.1 Å². The van der Waals surface area contributed by atoms with Gasteiger partial charge in [-0.1, -0.05) is 48.0 Å². The first-order valence-corrected chi connectivity index (χ1v) is 11.1. The second-order valence-electron chi connectivity index (χ2n) is 7.72. The summed E-state index contributed by atoms with van der Waals surface area (Å²) in [6, 6.07) is 21.7. The second-order valence-corrected chi connectivity index (χ2v) is 8.13. The molecule has 1 heterocycles. The Hall–Kier alpha value is -3.90. The van der Waals surface area contributed by atoms with Gasteiger partial charge >= 0.3 is 0 Å². The van der Waals surface area contributed by atoms with Crippen LogP contribution in [0.25, 0.3) is 6.08 Å². The number of hydrogen-bond acceptors (Lipinski definition) is 3. The maximum atomic E-state index is 13.9. The van der Waals surface area contributed by atoms with E-state index in [1.165, 1.54) is 24.3 Å². The van der Waals surface area contributed by atoms with Crippen LogP contribution in [0.5, 0.6) is 11.5 Å². The van der Waals surface area contributed by atoms with Crippen molar-refractivity contribution in [2.75, 3.05) is 5.32 Å². The summed E-state index contributed by atoms with van der Waals surface area (Å²) in [5.74, 6) is 0.606. The van der Waals surface area contributed by atoms with E-state index in [1.54, 1.807) is 6.07 Å². The number of carbonyl (C=O) groups excluding carboxylic acids is 1. The maximum Gasteiger partial charge on any atom is 0.248 e. The molecule has 1 amide bonds. The highest BCUT2D eigenvalue weighted by molar-refractivity contribution is 6.32. The lowest BCUT2D eigenvalue weighted by atomic mass is 10.2. The van der Waals surface area contributed by atoms with E-state index in [9.17, 15) is 9.18 Å². The molecule has 0 spiro atoms. The Kier molecular flexibility index (Phi) is 7.09. The molecule has 3 aromatic carbocycles. The predicted molar refractivity (Wildman–Crippen MR) is 133 cm³/mol. The summed E-state index contributed by atoms with van der Waals surface area (Å²) in [7, 11) is 0. The quantitative estimate of drug-likeness (QED) is 0.299. The summed E-state index contributed by atoms with van der Waals surface area (Å²) in [4.78, 5) is 12.5. The van der Waals surface area contributed by atoms with Gasteiger partial charge in [0.15, 0.2) is 0 Å². The first-order valence-electron chi connectivity index (χ1n) is 10.7. The van der Waals surface area contributed by atoms with Crippen molar-refractivity contribution in [3.05, 3.63) is 112 Å². The standard InChI is InChI=1S/C27H23ClFN3O2/c1-18-27(30-26(33)15-14-23-24(28)12-7-13-25(23)29)19(2)32(31-18)17-20-8-6-11-22(16-20)34-21-9-4-3-5-10-21/h3-16H,17H2,1-2H3,(H,30,33)/b15-14-. The largest absolute Gasteiger partial charge is 0.457 e. The number of aryl methyl sites for hydroxylation is 1. The average Bonchev–Trinajstić information content (AvgIpc) is 3.07. The molecule has 0 bridgehead atoms. The molecule has 4 aromatic rings. The summed E-state index contributed by atoms with van der Waals surface area (Å²) >= 11 is 6.02. The number of carbonyl (C=O) groups is 1. The molecule has 0 saturated heterocycles. The van der Waals surface area contributed by atoms with Crippen LogP contribution >= 0.6 is 11.6 Å². The molecule has 0 aliphatic heterocycles. The molecule has 34 heavy (non-hydrogen) atoms. The minimum absolute atomic E-state index is 0.168. The van der Waals surface area contributed by atoms with Crippen LogP contribution in [-0.2, 0) is 11.3 Å². The van der Waals surface area contributed by atoms with E-state index in [-0.39, 0.29) is 10.6 Å². The lowest BCUT2D eigenvalue weighted by molar-refractivity contribution is -0.111. The molecule has 4 rings (SSSR count). The number of ether oxygens (including phenoxy) is 1. The minimum atomic E-state index is -0.491. The van der Waals surface area contributed by atoms with Crippen molar-refractivity contribution in [3.63, 3.8) is 0 Å². The van der Waals surface area contributed by atoms with Crippen LogP contribution in [0.3, 0.4) is 0 Å². The lowest BCUT2D eigenvalue weighted by Gasteiger charge is -2.09. The van der Waals surface area contributed by atoms with E-state index < -0.39 is 11.7 Å². The molecule has 7 heteroatoms. The van der Waals surface area contributed by atoms with Gasteiger partial charge in [-0.25, -0.2) is 4.39 Å². The number of nitrogens with one attached hydrogen (secondary N) is 1. The average molecular weight is 476 g/mol. The SMILES string of the molecule is Cc1nn(Cc2cccc(Oc3ccccc3)c2)c(C)c1NC(=O)/C=C\c1c(F)cccc1Cl. The van der Waals surface area contributed by atoms with Crippen LogP contribution in [-0.4, -0.2) is 15.7 Å². The number of amides is 1. The zero-order valence-electron chi connectivity index (χ0n) is 18.8. The van der Waals surface area contributed by atoms with Gasteiger partial charge < -0.3 is 10.1 Å². The Labute approximate surface area is 202 Å². The monoisotopic (exact) mass is 475 g/mol. The van der Waals surface area contributed by atoms with Crippen LogP contribution in [0.4, 0.5) is 10.1 Å². The van der Waals surface area contributed by atoms with E-state index in [1.807, 2.05) is 73.1 Å². The van der Waals surface area contributed by atoms with Crippen molar-refractivity contribution < 1.29 is 13.9 Å². The molecular weight excluding hydrogens is 453 g/mol. The number of aromatic nitrogens is 2. The van der Waals surface area contributed by atoms with E-state index >= 15 is 0 Å². The number of anilines is 1. The van der Waals surface area contributed by atoms with E-state index in [2.05, 4.69) is 10.4 Å². The minimum Gasteiger partial charge on any atom is -0.457 e. The highest BCUT2D eigenvalue weighted by Gasteiger charge is 2.14. The highest BCUT2D eigenvalue weighted by atomic mass is 35.5. The van der Waals surface area contributed by atoms with E-state index in [0.717, 1.165) is 22.8 Å². The number of benzene rings is 3. The Balaban J connectivity index is 1.47. The summed E-state index contributed by atoms with van der Waals surface area (Å²) in [5.41, 5.74) is 3.27. The molecule has 0 radical (unpaired) electrons. The molecule has 0 unspecified atom stereocenters. The smallest absolute Gasteiger partial charge is 0.248 e. The maximum absolute atomic E-state index is 13.9. The van der Waals surface area contributed by atoms with Crippen molar-refractivity contribution in [3.8, 4) is 11.5 Å². The van der Waals surface area contributed by atoms with E-state index in [0.29, 0.717) is 17.9 Å². The normalized spacial score (nSPS) is 11.1. The third-order valence-corrected chi connectivity index (χ3v) is 5.57. The van der Waals surface area contributed by atoms with Gasteiger partial charge in [-0.3, -0.25) is 9.48 Å². The molecule has 1 aromatic heterocycles. The second kappa shape index (κ2) is 10.4. The summed E-state index contributed by atoms with van der Waals surface area (Å²) in [6.07, 6.45) is 2.62. The Morgan fingerprint density at radius 3 is 2.56 bits per heavy atom. The van der Waals surface area contributed by atoms with Gasteiger partial charge in [-0.15, -0.1) is 0 Å². The van der Waals surface area contributed by atoms with Gasteiger partial charge in [-0.2, -0.15) is 5.10 Å². The van der Waals surface area contributed by atoms with Crippen LogP contribution in [0, 0.1) is 19.7 Å². The summed E-state index contributed by atoms with van der Waals surface area (Å²) in [6.45, 7) is 4.22. The molecule has 0 saturated carbocycles. The van der Waals surface area contributed by atoms with Crippen molar-refractivity contribution in [1.82, 2.24) is 9.78 Å². The van der Waals surface area contributed by atoms with Gasteiger partial charge in [0.2, 0.25) is 5.91 Å². The number of para-hydroxylation sites is 1. The third kappa shape index (κ3) is 5.53. The number of halogens is 2. The first kappa shape index (κ1) is 23.3. The zero-order valence-corrected chi connectivity index (χ0v) is 19.5. The van der Waals surface area contributed by atoms with Crippen molar-refractivity contribution in [2.45, 2.75) is 20.4 Å². The summed E-state index contributed by atoms with van der Waals surface area (Å²) < 4.78 is 21.7. The topological polar surface area (TPSA) is 56.1 Å². The van der Waals surface area contributed by atoms with Crippen molar-refractivity contribution in [1.29, 1.82) is 0 Å². The number of hydrogen-bond donors (Lipinski definition) is 1. The molecule has 0 aliphatic rings. The molecule has 1 N–H and O–H groups in total. The van der Waals surface area contributed by atoms with Crippen molar-refractivity contribution >= 4 is 29.3 Å². The van der Waals surface area contributed by atoms with Gasteiger partial charge in [0.25, 0.3) is 0 Å². The fourth-order valence-electron chi connectivity index (χ4n) is 3.53. The zero-order chi connectivity index (χ0) is 24.1.